The molecule has 2 saturated heterocycles. The third kappa shape index (κ3) is 3.87. The SMILES string of the molecule is Cn1c(=O)[nH]c2cccc(N3CCC4(CCN(C(=O)OC(C)(C)C)CC4)CC3)c21. The molecule has 1 N–H and O–H groups in total. The van der Waals surface area contributed by atoms with E-state index in [4.69, 9.17) is 4.74 Å². The Morgan fingerprint density at radius 1 is 1.07 bits per heavy atom. The Kier molecular flexibility index (Phi) is 4.87. The van der Waals surface area contributed by atoms with Crippen molar-refractivity contribution < 1.29 is 9.53 Å². The first kappa shape index (κ1) is 19.9. The van der Waals surface area contributed by atoms with Gasteiger partial charge in [0.25, 0.3) is 0 Å². The summed E-state index contributed by atoms with van der Waals surface area (Å²) in [5.74, 6) is 0. The lowest BCUT2D eigenvalue weighted by Crippen LogP contribution is -2.49. The maximum atomic E-state index is 12.3. The van der Waals surface area contributed by atoms with E-state index in [0.717, 1.165) is 68.6 Å². The zero-order valence-electron chi connectivity index (χ0n) is 18.0. The molecule has 158 valence electrons. The summed E-state index contributed by atoms with van der Waals surface area (Å²) in [5.41, 5.74) is 2.79. The molecule has 2 aliphatic heterocycles. The van der Waals surface area contributed by atoms with E-state index in [2.05, 4.69) is 16.0 Å². The fraction of sp³-hybridized carbons (Fsp3) is 0.636. The van der Waals surface area contributed by atoms with Crippen LogP contribution in [0.4, 0.5) is 10.5 Å². The van der Waals surface area contributed by atoms with Crippen LogP contribution in [0.2, 0.25) is 0 Å². The molecule has 0 atom stereocenters. The number of aryl methyl sites for hydroxylation is 1. The molecule has 2 fully saturated rings. The molecular formula is C22H32N4O3. The van der Waals surface area contributed by atoms with Crippen molar-refractivity contribution in [3.8, 4) is 0 Å². The van der Waals surface area contributed by atoms with Crippen LogP contribution in [0.15, 0.2) is 23.0 Å². The molecule has 1 amide bonds. The summed E-state index contributed by atoms with van der Waals surface area (Å²) in [6.45, 7) is 9.23. The number of hydrogen-bond donors (Lipinski definition) is 1. The Balaban J connectivity index is 1.41. The number of carbonyl (C=O) groups excluding carboxylic acids is 1. The van der Waals surface area contributed by atoms with Gasteiger partial charge in [0, 0.05) is 33.2 Å². The molecule has 0 unspecified atom stereocenters. The second-order valence-electron chi connectivity index (χ2n) is 9.62. The smallest absolute Gasteiger partial charge is 0.410 e. The first-order valence-corrected chi connectivity index (χ1v) is 10.6. The highest BCUT2D eigenvalue weighted by Crippen LogP contribution is 2.43. The van der Waals surface area contributed by atoms with E-state index in [1.807, 2.05) is 44.9 Å². The van der Waals surface area contributed by atoms with Crippen LogP contribution in [0.1, 0.15) is 46.5 Å². The number of para-hydroxylation sites is 1. The van der Waals surface area contributed by atoms with Crippen LogP contribution in [0.3, 0.4) is 0 Å². The summed E-state index contributed by atoms with van der Waals surface area (Å²) in [6, 6.07) is 6.08. The zero-order valence-corrected chi connectivity index (χ0v) is 18.0. The first-order valence-electron chi connectivity index (χ1n) is 10.6. The molecule has 0 saturated carbocycles. The lowest BCUT2D eigenvalue weighted by molar-refractivity contribution is 0.00666. The number of imidazole rings is 1. The van der Waals surface area contributed by atoms with E-state index in [9.17, 15) is 9.59 Å². The lowest BCUT2D eigenvalue weighted by Gasteiger charge is -2.47. The molecule has 2 aliphatic rings. The van der Waals surface area contributed by atoms with E-state index in [0.29, 0.717) is 5.41 Å². The molecule has 1 aromatic carbocycles. The minimum absolute atomic E-state index is 0.0737. The van der Waals surface area contributed by atoms with Crippen molar-refractivity contribution in [3.05, 3.63) is 28.7 Å². The summed E-state index contributed by atoms with van der Waals surface area (Å²) < 4.78 is 7.23. The van der Waals surface area contributed by atoms with Crippen LogP contribution in [-0.2, 0) is 11.8 Å². The third-order valence-corrected chi connectivity index (χ3v) is 6.54. The number of nitrogens with one attached hydrogen (secondary N) is 1. The van der Waals surface area contributed by atoms with Crippen LogP contribution >= 0.6 is 0 Å². The maximum Gasteiger partial charge on any atom is 0.410 e. The molecule has 4 rings (SSSR count). The highest BCUT2D eigenvalue weighted by atomic mass is 16.6. The van der Waals surface area contributed by atoms with Gasteiger partial charge in [0.2, 0.25) is 0 Å². The molecule has 0 radical (unpaired) electrons. The fourth-order valence-electron chi connectivity index (χ4n) is 4.75. The normalized spacial score (nSPS) is 19.7. The minimum Gasteiger partial charge on any atom is -0.444 e. The van der Waals surface area contributed by atoms with Crippen LogP contribution in [0, 0.1) is 5.41 Å². The van der Waals surface area contributed by atoms with Gasteiger partial charge < -0.3 is 19.5 Å². The number of piperidine rings is 2. The van der Waals surface area contributed by atoms with Crippen LogP contribution < -0.4 is 10.6 Å². The summed E-state index contributed by atoms with van der Waals surface area (Å²) in [6.07, 6.45) is 4.11. The van der Waals surface area contributed by atoms with Gasteiger partial charge in [-0.3, -0.25) is 4.57 Å². The number of aromatic nitrogens is 2. The van der Waals surface area contributed by atoms with Crippen molar-refractivity contribution in [1.29, 1.82) is 0 Å². The second-order valence-corrected chi connectivity index (χ2v) is 9.62. The van der Waals surface area contributed by atoms with Crippen molar-refractivity contribution in [3.63, 3.8) is 0 Å². The van der Waals surface area contributed by atoms with Gasteiger partial charge in [-0.2, -0.15) is 0 Å². The van der Waals surface area contributed by atoms with Gasteiger partial charge in [-0.25, -0.2) is 9.59 Å². The van der Waals surface area contributed by atoms with Gasteiger partial charge in [-0.15, -0.1) is 0 Å². The third-order valence-electron chi connectivity index (χ3n) is 6.54. The van der Waals surface area contributed by atoms with E-state index in [-0.39, 0.29) is 11.8 Å². The predicted octanol–water partition coefficient (Wildman–Crippen LogP) is 3.48. The number of H-pyrrole nitrogens is 1. The summed E-state index contributed by atoms with van der Waals surface area (Å²) in [4.78, 5) is 31.6. The molecular weight excluding hydrogens is 368 g/mol. The molecule has 0 bridgehead atoms. The topological polar surface area (TPSA) is 70.6 Å². The molecule has 2 aromatic rings. The molecule has 1 aromatic heterocycles. The quantitative estimate of drug-likeness (QED) is 0.796. The predicted molar refractivity (Wildman–Crippen MR) is 114 cm³/mol. The Morgan fingerprint density at radius 2 is 1.69 bits per heavy atom. The van der Waals surface area contributed by atoms with Crippen molar-refractivity contribution >= 4 is 22.8 Å². The highest BCUT2D eigenvalue weighted by molar-refractivity contribution is 5.89. The van der Waals surface area contributed by atoms with E-state index >= 15 is 0 Å². The highest BCUT2D eigenvalue weighted by Gasteiger charge is 2.39. The zero-order chi connectivity index (χ0) is 20.8. The fourth-order valence-corrected chi connectivity index (χ4v) is 4.75. The average molecular weight is 401 g/mol. The molecule has 7 heteroatoms. The average Bonchev–Trinajstić information content (AvgIpc) is 2.96. The number of hydrogen-bond acceptors (Lipinski definition) is 4. The molecule has 3 heterocycles. The molecule has 7 nitrogen and oxygen atoms in total. The van der Waals surface area contributed by atoms with Crippen molar-refractivity contribution in [2.75, 3.05) is 31.1 Å². The number of aromatic amines is 1. The van der Waals surface area contributed by atoms with Gasteiger partial charge in [-0.05, 0) is 64.0 Å². The van der Waals surface area contributed by atoms with E-state index < -0.39 is 5.60 Å². The van der Waals surface area contributed by atoms with Crippen LogP contribution in [0.25, 0.3) is 11.0 Å². The molecule has 1 spiro atoms. The largest absolute Gasteiger partial charge is 0.444 e. The van der Waals surface area contributed by atoms with Crippen molar-refractivity contribution in [2.24, 2.45) is 12.5 Å². The number of fused-ring (bicyclic) bond motifs is 1. The number of benzene rings is 1. The first-order chi connectivity index (χ1) is 13.7. The maximum absolute atomic E-state index is 12.3. The van der Waals surface area contributed by atoms with Crippen LogP contribution in [-0.4, -0.2) is 52.3 Å². The standard InChI is InChI=1S/C22H32N4O3/c1-21(2,3)29-20(28)26-14-10-22(11-15-26)8-12-25(13-9-22)17-7-5-6-16-18(17)24(4)19(27)23-16/h5-7H,8-15H2,1-4H3,(H,23,27). The Labute approximate surface area is 171 Å². The number of rotatable bonds is 1. The number of likely N-dealkylation sites (tertiary alicyclic amines) is 1. The summed E-state index contributed by atoms with van der Waals surface area (Å²) in [5, 5.41) is 0. The van der Waals surface area contributed by atoms with Gasteiger partial charge in [-0.1, -0.05) is 6.07 Å². The lowest BCUT2D eigenvalue weighted by atomic mass is 9.71. The van der Waals surface area contributed by atoms with E-state index in [1.165, 1.54) is 0 Å². The van der Waals surface area contributed by atoms with Crippen molar-refractivity contribution in [1.82, 2.24) is 14.5 Å². The number of nitrogens with zero attached hydrogens (tertiary/aromatic N) is 3. The Bertz CT molecular complexity index is 951. The minimum atomic E-state index is -0.448. The Morgan fingerprint density at radius 3 is 2.31 bits per heavy atom. The Hall–Kier alpha value is -2.44. The number of anilines is 1. The second kappa shape index (κ2) is 7.11. The number of amides is 1. The molecule has 0 aliphatic carbocycles. The summed E-state index contributed by atoms with van der Waals surface area (Å²) >= 11 is 0. The van der Waals surface area contributed by atoms with Gasteiger partial charge in [0.15, 0.2) is 0 Å². The van der Waals surface area contributed by atoms with Crippen LogP contribution in [0.5, 0.6) is 0 Å². The van der Waals surface area contributed by atoms with Crippen molar-refractivity contribution in [2.45, 2.75) is 52.1 Å². The number of ether oxygens (including phenoxy) is 1. The molecule has 29 heavy (non-hydrogen) atoms. The monoisotopic (exact) mass is 400 g/mol. The summed E-state index contributed by atoms with van der Waals surface area (Å²) in [7, 11) is 1.82. The number of carbonyl (C=O) groups is 1. The van der Waals surface area contributed by atoms with E-state index in [1.54, 1.807) is 4.57 Å². The van der Waals surface area contributed by atoms with Gasteiger partial charge in [0.1, 0.15) is 5.60 Å². The van der Waals surface area contributed by atoms with Gasteiger partial charge >= 0.3 is 11.8 Å². The van der Waals surface area contributed by atoms with Gasteiger partial charge in [0.05, 0.1) is 16.7 Å².